The Morgan fingerprint density at radius 2 is 0.576 bits per heavy atom. The standard InChI is InChI=1S/4C6H14NO.Ti/c4*1-3-7-5-4-6(2)8;/h4*6-7H,3-5H2,1-2H3;/q4*-1;+4. The summed E-state index contributed by atoms with van der Waals surface area (Å²) in [6.45, 7) is 22.2. The van der Waals surface area contributed by atoms with E-state index in [1.807, 2.05) is 27.7 Å². The first kappa shape index (κ1) is 43.5. The third-order valence-corrected chi connectivity index (χ3v) is 3.91. The molecule has 0 rings (SSSR count). The summed E-state index contributed by atoms with van der Waals surface area (Å²) in [5.74, 6) is 0. The topological polar surface area (TPSA) is 140 Å². The van der Waals surface area contributed by atoms with Gasteiger partial charge in [0.25, 0.3) is 0 Å². The Hall–Kier alpha value is 0.394. The van der Waals surface area contributed by atoms with Gasteiger partial charge in [-0.25, -0.2) is 0 Å². The molecule has 0 bridgehead atoms. The molecule has 0 radical (unpaired) electrons. The van der Waals surface area contributed by atoms with Crippen LogP contribution in [0.1, 0.15) is 81.1 Å². The van der Waals surface area contributed by atoms with Crippen molar-refractivity contribution < 1.29 is 42.1 Å². The van der Waals surface area contributed by atoms with Crippen LogP contribution in [0.3, 0.4) is 0 Å². The summed E-state index contributed by atoms with van der Waals surface area (Å²) in [4.78, 5) is 0. The number of rotatable bonds is 16. The average Bonchev–Trinajstić information content (AvgIpc) is 2.69. The number of hydrogen-bond acceptors (Lipinski definition) is 8. The van der Waals surface area contributed by atoms with Crippen molar-refractivity contribution in [2.45, 2.75) is 105 Å². The minimum atomic E-state index is -0.408. The van der Waals surface area contributed by atoms with Crippen LogP contribution in [0.4, 0.5) is 0 Å². The molecule has 0 fully saturated rings. The van der Waals surface area contributed by atoms with Crippen LogP contribution >= 0.6 is 0 Å². The Balaban J connectivity index is -0.000000105. The molecule has 0 aromatic rings. The molecule has 8 nitrogen and oxygen atoms in total. The fourth-order valence-corrected chi connectivity index (χ4v) is 1.93. The van der Waals surface area contributed by atoms with Gasteiger partial charge in [0.15, 0.2) is 0 Å². The Bertz CT molecular complexity index is 246. The van der Waals surface area contributed by atoms with Crippen LogP contribution in [-0.2, 0) is 21.7 Å². The molecule has 4 N–H and O–H groups in total. The van der Waals surface area contributed by atoms with Gasteiger partial charge >= 0.3 is 21.7 Å². The molecule has 4 atom stereocenters. The van der Waals surface area contributed by atoms with Gasteiger partial charge < -0.3 is 41.7 Å². The van der Waals surface area contributed by atoms with E-state index < -0.39 is 24.4 Å². The van der Waals surface area contributed by atoms with Gasteiger partial charge in [-0.3, -0.25) is 0 Å². The van der Waals surface area contributed by atoms with Crippen LogP contribution in [0.5, 0.6) is 0 Å². The minimum Gasteiger partial charge on any atom is -0.852 e. The smallest absolute Gasteiger partial charge is 0.852 e. The van der Waals surface area contributed by atoms with Gasteiger partial charge in [0.2, 0.25) is 0 Å². The van der Waals surface area contributed by atoms with Gasteiger partial charge in [-0.15, -0.1) is 24.4 Å². The second-order valence-electron chi connectivity index (χ2n) is 7.81. The largest absolute Gasteiger partial charge is 4.00 e. The third kappa shape index (κ3) is 72.0. The van der Waals surface area contributed by atoms with Gasteiger partial charge in [-0.05, 0) is 52.4 Å². The van der Waals surface area contributed by atoms with Crippen LogP contribution in [0.25, 0.3) is 0 Å². The molecule has 33 heavy (non-hydrogen) atoms. The molecular formula is C24H56N4O4Ti. The first-order valence-corrected chi connectivity index (χ1v) is 12.5. The van der Waals surface area contributed by atoms with Gasteiger partial charge in [0, 0.05) is 0 Å². The number of hydrogen-bond donors (Lipinski definition) is 4. The summed E-state index contributed by atoms with van der Waals surface area (Å²) < 4.78 is 0. The zero-order chi connectivity index (χ0) is 25.6. The normalized spacial score (nSPS) is 13.5. The van der Waals surface area contributed by atoms with E-state index in [1.165, 1.54) is 0 Å². The summed E-state index contributed by atoms with van der Waals surface area (Å²) in [5.41, 5.74) is 0. The maximum absolute atomic E-state index is 10.4. The van der Waals surface area contributed by atoms with E-state index in [2.05, 4.69) is 21.3 Å². The molecule has 9 heteroatoms. The molecule has 0 aliphatic heterocycles. The van der Waals surface area contributed by atoms with Crippen LogP contribution < -0.4 is 41.7 Å². The van der Waals surface area contributed by atoms with Gasteiger partial charge in [0.1, 0.15) is 0 Å². The van der Waals surface area contributed by atoms with E-state index in [0.717, 1.165) is 78.0 Å². The molecule has 0 heterocycles. The first-order valence-electron chi connectivity index (χ1n) is 12.5. The maximum atomic E-state index is 10.4. The molecule has 0 saturated heterocycles. The first-order chi connectivity index (χ1) is 15.1. The molecule has 0 aromatic carbocycles. The van der Waals surface area contributed by atoms with Crippen molar-refractivity contribution in [2.75, 3.05) is 52.4 Å². The van der Waals surface area contributed by atoms with Gasteiger partial charge in [-0.2, -0.15) is 0 Å². The molecule has 0 saturated carbocycles. The van der Waals surface area contributed by atoms with E-state index >= 15 is 0 Å². The van der Waals surface area contributed by atoms with E-state index in [4.69, 9.17) is 0 Å². The molecule has 4 unspecified atom stereocenters. The van der Waals surface area contributed by atoms with Crippen molar-refractivity contribution in [1.29, 1.82) is 0 Å². The molecule has 0 aliphatic rings. The van der Waals surface area contributed by atoms with E-state index in [9.17, 15) is 20.4 Å². The Labute approximate surface area is 221 Å². The predicted molar refractivity (Wildman–Crippen MR) is 130 cm³/mol. The fourth-order valence-electron chi connectivity index (χ4n) is 1.93. The van der Waals surface area contributed by atoms with Crippen molar-refractivity contribution in [3.8, 4) is 0 Å². The summed E-state index contributed by atoms with van der Waals surface area (Å²) in [7, 11) is 0. The van der Waals surface area contributed by atoms with Crippen molar-refractivity contribution in [3.05, 3.63) is 0 Å². The fraction of sp³-hybridized carbons (Fsp3) is 1.00. The van der Waals surface area contributed by atoms with Crippen molar-refractivity contribution in [1.82, 2.24) is 21.3 Å². The van der Waals surface area contributed by atoms with Crippen molar-refractivity contribution in [2.24, 2.45) is 0 Å². The number of nitrogens with one attached hydrogen (secondary N) is 4. The monoisotopic (exact) mass is 512 g/mol. The Kier molecular flexibility index (Phi) is 52.2. The average molecular weight is 513 g/mol. The van der Waals surface area contributed by atoms with E-state index in [-0.39, 0.29) is 21.7 Å². The molecular weight excluding hydrogens is 456 g/mol. The van der Waals surface area contributed by atoms with Gasteiger partial charge in [-0.1, -0.05) is 81.1 Å². The van der Waals surface area contributed by atoms with Crippen LogP contribution in [0.2, 0.25) is 0 Å². The van der Waals surface area contributed by atoms with Crippen molar-refractivity contribution in [3.63, 3.8) is 0 Å². The second-order valence-corrected chi connectivity index (χ2v) is 7.81. The third-order valence-electron chi connectivity index (χ3n) is 3.91. The predicted octanol–water partition coefficient (Wildman–Crippen LogP) is -1.06. The quantitative estimate of drug-likeness (QED) is 0.152. The van der Waals surface area contributed by atoms with E-state index in [1.54, 1.807) is 27.7 Å². The van der Waals surface area contributed by atoms with Crippen LogP contribution in [0.15, 0.2) is 0 Å². The zero-order valence-corrected chi connectivity index (χ0v) is 24.5. The Morgan fingerprint density at radius 3 is 0.667 bits per heavy atom. The summed E-state index contributed by atoms with van der Waals surface area (Å²) in [6.07, 6.45) is 1.34. The van der Waals surface area contributed by atoms with E-state index in [0.29, 0.717) is 0 Å². The minimum absolute atomic E-state index is 0. The van der Waals surface area contributed by atoms with Crippen LogP contribution in [0, 0.1) is 0 Å². The molecule has 200 valence electrons. The molecule has 0 aromatic heterocycles. The Morgan fingerprint density at radius 1 is 0.424 bits per heavy atom. The molecule has 0 spiro atoms. The summed E-state index contributed by atoms with van der Waals surface area (Å²) in [6, 6.07) is 0. The zero-order valence-electron chi connectivity index (χ0n) is 22.9. The summed E-state index contributed by atoms with van der Waals surface area (Å²) >= 11 is 0. The maximum Gasteiger partial charge on any atom is 4.00 e. The SMILES string of the molecule is CCNCCC(C)[O-].CCNCCC(C)[O-].CCNCCC(C)[O-].CCNCCC(C)[O-].[Ti+4]. The second kappa shape index (κ2) is 39.6. The summed E-state index contributed by atoms with van der Waals surface area (Å²) in [5, 5.41) is 53.8. The molecule has 0 amide bonds. The van der Waals surface area contributed by atoms with Crippen LogP contribution in [-0.4, -0.2) is 76.8 Å². The van der Waals surface area contributed by atoms with Gasteiger partial charge in [0.05, 0.1) is 0 Å². The van der Waals surface area contributed by atoms with Crippen molar-refractivity contribution >= 4 is 0 Å². The molecule has 0 aliphatic carbocycles.